The van der Waals surface area contributed by atoms with Crippen molar-refractivity contribution < 1.29 is 27.8 Å². The van der Waals surface area contributed by atoms with Gasteiger partial charge < -0.3 is 19.5 Å². The number of amides is 1. The lowest BCUT2D eigenvalue weighted by Crippen LogP contribution is -2.44. The zero-order valence-electron chi connectivity index (χ0n) is 16.4. The van der Waals surface area contributed by atoms with E-state index in [4.69, 9.17) is 14.2 Å². The van der Waals surface area contributed by atoms with Gasteiger partial charge >= 0.3 is 0 Å². The van der Waals surface area contributed by atoms with Crippen LogP contribution in [0.2, 0.25) is 0 Å². The number of nitrogens with one attached hydrogen (secondary N) is 1. The van der Waals surface area contributed by atoms with Gasteiger partial charge in [0.25, 0.3) is 5.91 Å². The molecule has 1 fully saturated rings. The number of benzene rings is 2. The summed E-state index contributed by atoms with van der Waals surface area (Å²) < 4.78 is 43.2. The Labute approximate surface area is 168 Å². The Bertz CT molecular complexity index is 857. The smallest absolute Gasteiger partial charge is 0.254 e. The van der Waals surface area contributed by atoms with E-state index in [1.807, 2.05) is 18.2 Å². The molecule has 2 aromatic rings. The van der Waals surface area contributed by atoms with Crippen molar-refractivity contribution in [3.63, 3.8) is 0 Å². The van der Waals surface area contributed by atoms with E-state index in [1.165, 1.54) is 0 Å². The predicted molar refractivity (Wildman–Crippen MR) is 103 cm³/mol. The van der Waals surface area contributed by atoms with Crippen LogP contribution >= 0.6 is 0 Å². The van der Waals surface area contributed by atoms with Gasteiger partial charge in [0, 0.05) is 25.7 Å². The first-order valence-corrected chi connectivity index (χ1v) is 9.30. The molecule has 0 bridgehead atoms. The van der Waals surface area contributed by atoms with Crippen LogP contribution in [0.5, 0.6) is 11.5 Å². The minimum atomic E-state index is -0.892. The van der Waals surface area contributed by atoms with Crippen molar-refractivity contribution in [1.29, 1.82) is 0 Å². The van der Waals surface area contributed by atoms with Gasteiger partial charge in [-0.1, -0.05) is 6.07 Å². The van der Waals surface area contributed by atoms with E-state index in [2.05, 4.69) is 10.2 Å². The summed E-state index contributed by atoms with van der Waals surface area (Å²) in [6.07, 6.45) is 0. The van der Waals surface area contributed by atoms with Gasteiger partial charge in [-0.25, -0.2) is 8.78 Å². The fraction of sp³-hybridized carbons (Fsp3) is 0.381. The number of rotatable bonds is 7. The number of carbonyl (C=O) groups is 1. The average molecular weight is 406 g/mol. The van der Waals surface area contributed by atoms with Crippen molar-refractivity contribution in [2.45, 2.75) is 6.04 Å². The second kappa shape index (κ2) is 9.67. The molecule has 1 aliphatic heterocycles. The topological polar surface area (TPSA) is 60.0 Å². The third kappa shape index (κ3) is 5.02. The summed E-state index contributed by atoms with van der Waals surface area (Å²) in [4.78, 5) is 14.6. The normalized spacial score (nSPS) is 15.6. The summed E-state index contributed by atoms with van der Waals surface area (Å²) in [5.74, 6) is -1.03. The van der Waals surface area contributed by atoms with E-state index < -0.39 is 17.5 Å². The SMILES string of the molecule is COc1ccc(C(CNC(=O)c2ccc(F)cc2F)N2CCOCC2)cc1OC. The maximum Gasteiger partial charge on any atom is 0.254 e. The monoisotopic (exact) mass is 406 g/mol. The van der Waals surface area contributed by atoms with E-state index in [9.17, 15) is 13.6 Å². The molecular weight excluding hydrogens is 382 g/mol. The first-order chi connectivity index (χ1) is 14.0. The largest absolute Gasteiger partial charge is 0.493 e. The summed E-state index contributed by atoms with van der Waals surface area (Å²) >= 11 is 0. The lowest BCUT2D eigenvalue weighted by Gasteiger charge is -2.35. The van der Waals surface area contributed by atoms with Crippen molar-refractivity contribution in [2.75, 3.05) is 47.1 Å². The minimum Gasteiger partial charge on any atom is -0.493 e. The second-order valence-electron chi connectivity index (χ2n) is 6.61. The van der Waals surface area contributed by atoms with Crippen molar-refractivity contribution in [3.05, 3.63) is 59.2 Å². The fourth-order valence-corrected chi connectivity index (χ4v) is 3.37. The summed E-state index contributed by atoms with van der Waals surface area (Å²) in [5, 5.41) is 2.77. The minimum absolute atomic E-state index is 0.175. The number of halogens is 2. The van der Waals surface area contributed by atoms with Gasteiger partial charge in [-0.15, -0.1) is 0 Å². The van der Waals surface area contributed by atoms with E-state index in [-0.39, 0.29) is 18.2 Å². The maximum absolute atomic E-state index is 13.9. The summed E-state index contributed by atoms with van der Waals surface area (Å²) in [5.41, 5.74) is 0.726. The molecule has 1 unspecified atom stereocenters. The van der Waals surface area contributed by atoms with Crippen LogP contribution in [0.4, 0.5) is 8.78 Å². The Morgan fingerprint density at radius 1 is 1.10 bits per heavy atom. The highest BCUT2D eigenvalue weighted by molar-refractivity contribution is 5.94. The van der Waals surface area contributed by atoms with E-state index in [1.54, 1.807) is 14.2 Å². The average Bonchev–Trinajstić information content (AvgIpc) is 2.74. The highest BCUT2D eigenvalue weighted by Crippen LogP contribution is 2.32. The van der Waals surface area contributed by atoms with Gasteiger partial charge in [0.1, 0.15) is 11.6 Å². The molecule has 0 radical (unpaired) electrons. The molecule has 8 heteroatoms. The van der Waals surface area contributed by atoms with Crippen molar-refractivity contribution >= 4 is 5.91 Å². The van der Waals surface area contributed by atoms with E-state index >= 15 is 0 Å². The molecule has 156 valence electrons. The van der Waals surface area contributed by atoms with Crippen LogP contribution < -0.4 is 14.8 Å². The zero-order chi connectivity index (χ0) is 20.8. The molecule has 1 N–H and O–H groups in total. The molecule has 1 aliphatic rings. The molecule has 1 heterocycles. The quantitative estimate of drug-likeness (QED) is 0.766. The second-order valence-corrected chi connectivity index (χ2v) is 6.61. The van der Waals surface area contributed by atoms with E-state index in [0.29, 0.717) is 43.9 Å². The predicted octanol–water partition coefficient (Wildman–Crippen LogP) is 2.79. The lowest BCUT2D eigenvalue weighted by molar-refractivity contribution is 0.0162. The molecule has 0 saturated carbocycles. The van der Waals surface area contributed by atoms with Gasteiger partial charge in [0.05, 0.1) is 39.0 Å². The van der Waals surface area contributed by atoms with Gasteiger partial charge in [0.15, 0.2) is 11.5 Å². The molecule has 0 aliphatic carbocycles. The number of nitrogens with zero attached hydrogens (tertiary/aromatic N) is 1. The van der Waals surface area contributed by atoms with Crippen LogP contribution in [0, 0.1) is 11.6 Å². The Morgan fingerprint density at radius 2 is 1.83 bits per heavy atom. The van der Waals surface area contributed by atoms with Gasteiger partial charge in [0.2, 0.25) is 0 Å². The summed E-state index contributed by atoms with van der Waals surface area (Å²) in [6.45, 7) is 2.80. The maximum atomic E-state index is 13.9. The third-order valence-electron chi connectivity index (χ3n) is 4.91. The van der Waals surface area contributed by atoms with Crippen LogP contribution in [0.15, 0.2) is 36.4 Å². The van der Waals surface area contributed by atoms with Crippen molar-refractivity contribution in [3.8, 4) is 11.5 Å². The standard InChI is InChI=1S/C21H24F2N2O4/c1-27-19-6-3-14(11-20(19)28-2)18(25-7-9-29-10-8-25)13-24-21(26)16-5-4-15(22)12-17(16)23/h3-6,11-12,18H,7-10,13H2,1-2H3,(H,24,26). The molecule has 2 aromatic carbocycles. The Kier molecular flexibility index (Phi) is 7.00. The number of ether oxygens (including phenoxy) is 3. The zero-order valence-corrected chi connectivity index (χ0v) is 16.4. The van der Waals surface area contributed by atoms with Crippen LogP contribution in [0.25, 0.3) is 0 Å². The molecular formula is C21H24F2N2O4. The number of hydrogen-bond acceptors (Lipinski definition) is 5. The Morgan fingerprint density at radius 3 is 2.48 bits per heavy atom. The summed E-state index contributed by atoms with van der Waals surface area (Å²) in [6, 6.07) is 8.30. The van der Waals surface area contributed by atoms with E-state index in [0.717, 1.165) is 17.7 Å². The van der Waals surface area contributed by atoms with Crippen molar-refractivity contribution in [2.24, 2.45) is 0 Å². The molecule has 0 spiro atoms. The number of morpholine rings is 1. The molecule has 6 nitrogen and oxygen atoms in total. The van der Waals surface area contributed by atoms with Gasteiger partial charge in [-0.3, -0.25) is 9.69 Å². The molecule has 3 rings (SSSR count). The van der Waals surface area contributed by atoms with Gasteiger partial charge in [-0.05, 0) is 29.8 Å². The Balaban J connectivity index is 1.81. The molecule has 1 atom stereocenters. The molecule has 1 saturated heterocycles. The molecule has 0 aromatic heterocycles. The molecule has 1 amide bonds. The van der Waals surface area contributed by atoms with Crippen molar-refractivity contribution in [1.82, 2.24) is 10.2 Å². The third-order valence-corrected chi connectivity index (χ3v) is 4.91. The summed E-state index contributed by atoms with van der Waals surface area (Å²) in [7, 11) is 3.12. The van der Waals surface area contributed by atoms with Crippen LogP contribution in [0.3, 0.4) is 0 Å². The number of methoxy groups -OCH3 is 2. The molecule has 29 heavy (non-hydrogen) atoms. The van der Waals surface area contributed by atoms with Crippen LogP contribution in [-0.4, -0.2) is 57.9 Å². The highest BCUT2D eigenvalue weighted by atomic mass is 19.1. The lowest BCUT2D eigenvalue weighted by atomic mass is 10.0. The van der Waals surface area contributed by atoms with Crippen LogP contribution in [-0.2, 0) is 4.74 Å². The number of hydrogen-bond donors (Lipinski definition) is 1. The van der Waals surface area contributed by atoms with Crippen LogP contribution in [0.1, 0.15) is 22.0 Å². The van der Waals surface area contributed by atoms with Gasteiger partial charge in [-0.2, -0.15) is 0 Å². The fourth-order valence-electron chi connectivity index (χ4n) is 3.37. The first kappa shape index (κ1) is 21.0. The highest BCUT2D eigenvalue weighted by Gasteiger charge is 2.25. The number of carbonyl (C=O) groups excluding carboxylic acids is 1. The first-order valence-electron chi connectivity index (χ1n) is 9.30. The Hall–Kier alpha value is -2.71.